The van der Waals surface area contributed by atoms with Gasteiger partial charge in [-0.2, -0.15) is 0 Å². The molecule has 1 amide bonds. The molecule has 1 fully saturated rings. The highest BCUT2D eigenvalue weighted by Crippen LogP contribution is 2.32. The molecule has 136 valence electrons. The third kappa shape index (κ3) is 3.94. The predicted octanol–water partition coefficient (Wildman–Crippen LogP) is 2.38. The molecule has 0 aromatic heterocycles. The number of amides is 1. The van der Waals surface area contributed by atoms with Gasteiger partial charge in [-0.05, 0) is 36.8 Å². The van der Waals surface area contributed by atoms with Crippen LogP contribution in [0.2, 0.25) is 0 Å². The van der Waals surface area contributed by atoms with Crippen LogP contribution in [0.1, 0.15) is 30.9 Å². The minimum atomic E-state index is -1.97. The molecule has 1 aliphatic rings. The fourth-order valence-electron chi connectivity index (χ4n) is 3.01. The molecule has 1 aliphatic carbocycles. The van der Waals surface area contributed by atoms with Gasteiger partial charge in [-0.15, -0.1) is 0 Å². The van der Waals surface area contributed by atoms with Crippen LogP contribution in [-0.4, -0.2) is 29.6 Å². The van der Waals surface area contributed by atoms with Crippen LogP contribution >= 0.6 is 0 Å². The summed E-state index contributed by atoms with van der Waals surface area (Å²) in [7, 11) is 0. The van der Waals surface area contributed by atoms with Gasteiger partial charge >= 0.3 is 5.97 Å². The maximum absolute atomic E-state index is 12.8. The van der Waals surface area contributed by atoms with Crippen molar-refractivity contribution in [2.24, 2.45) is 5.92 Å². The Morgan fingerprint density at radius 3 is 2.04 bits per heavy atom. The predicted molar refractivity (Wildman–Crippen MR) is 97.2 cm³/mol. The fourth-order valence-corrected chi connectivity index (χ4v) is 3.01. The number of ether oxygens (including phenoxy) is 1. The topological polar surface area (TPSA) is 75.6 Å². The molecule has 1 atom stereocenters. The summed E-state index contributed by atoms with van der Waals surface area (Å²) >= 11 is 0. The lowest BCUT2D eigenvalue weighted by Crippen LogP contribution is -2.42. The number of hydrogen-bond acceptors (Lipinski definition) is 4. The quantitative estimate of drug-likeness (QED) is 0.750. The molecule has 0 spiro atoms. The van der Waals surface area contributed by atoms with E-state index in [4.69, 9.17) is 4.74 Å². The molecular weight excluding hydrogens is 330 g/mol. The van der Waals surface area contributed by atoms with Crippen molar-refractivity contribution >= 4 is 11.9 Å². The zero-order chi connectivity index (χ0) is 18.6. The number of benzene rings is 2. The molecule has 0 heterocycles. The smallest absolute Gasteiger partial charge is 0.348 e. The molecule has 0 bridgehead atoms. The van der Waals surface area contributed by atoms with Gasteiger partial charge in [-0.1, -0.05) is 60.7 Å². The average Bonchev–Trinajstić information content (AvgIpc) is 3.52. The number of aliphatic hydroxyl groups is 1. The van der Waals surface area contributed by atoms with E-state index < -0.39 is 18.2 Å². The van der Waals surface area contributed by atoms with Gasteiger partial charge in [0.2, 0.25) is 5.60 Å². The minimum Gasteiger partial charge on any atom is -0.453 e. The lowest BCUT2D eigenvalue weighted by Gasteiger charge is -2.27. The Bertz CT molecular complexity index is 717. The lowest BCUT2D eigenvalue weighted by molar-refractivity contribution is -0.164. The summed E-state index contributed by atoms with van der Waals surface area (Å²) in [5, 5.41) is 14.0. The highest BCUT2D eigenvalue weighted by Gasteiger charge is 2.42. The van der Waals surface area contributed by atoms with Crippen molar-refractivity contribution in [3.05, 3.63) is 71.8 Å². The van der Waals surface area contributed by atoms with Gasteiger partial charge in [-0.3, -0.25) is 4.79 Å². The Hall–Kier alpha value is -2.66. The van der Waals surface area contributed by atoms with Crippen LogP contribution in [0.4, 0.5) is 0 Å². The molecule has 2 aromatic rings. The van der Waals surface area contributed by atoms with Crippen LogP contribution in [0.15, 0.2) is 60.7 Å². The number of hydrogen-bond donors (Lipinski definition) is 2. The van der Waals surface area contributed by atoms with E-state index in [1.165, 1.54) is 0 Å². The number of carbonyl (C=O) groups is 2. The highest BCUT2D eigenvalue weighted by molar-refractivity contribution is 5.88. The van der Waals surface area contributed by atoms with E-state index in [0.29, 0.717) is 17.0 Å². The van der Waals surface area contributed by atoms with E-state index in [9.17, 15) is 14.7 Å². The van der Waals surface area contributed by atoms with Crippen LogP contribution < -0.4 is 5.32 Å². The summed E-state index contributed by atoms with van der Waals surface area (Å²) in [6.45, 7) is 1.53. The number of rotatable bonds is 7. The van der Waals surface area contributed by atoms with Gasteiger partial charge in [0, 0.05) is 6.04 Å². The van der Waals surface area contributed by atoms with Gasteiger partial charge in [0.25, 0.3) is 5.91 Å². The Morgan fingerprint density at radius 2 is 1.58 bits per heavy atom. The molecule has 26 heavy (non-hydrogen) atoms. The first kappa shape index (κ1) is 18.1. The summed E-state index contributed by atoms with van der Waals surface area (Å²) in [6.07, 6.45) is 2.23. The standard InChI is InChI=1S/C21H23NO4/c1-15(16-12-13-16)22-19(23)14-26-20(24)21(25,17-8-4-2-5-9-17)18-10-6-3-7-11-18/h2-11,15-16,25H,12-14H2,1H3,(H,22,23)/t15-/m0/s1. The molecule has 1 saturated carbocycles. The van der Waals surface area contributed by atoms with Crippen molar-refractivity contribution in [1.82, 2.24) is 5.32 Å². The second-order valence-corrected chi connectivity index (χ2v) is 6.71. The van der Waals surface area contributed by atoms with Crippen LogP contribution in [0.3, 0.4) is 0 Å². The molecule has 2 N–H and O–H groups in total. The summed E-state index contributed by atoms with van der Waals surface area (Å²) in [4.78, 5) is 24.8. The van der Waals surface area contributed by atoms with Crippen molar-refractivity contribution < 1.29 is 19.4 Å². The van der Waals surface area contributed by atoms with E-state index in [0.717, 1.165) is 12.8 Å². The van der Waals surface area contributed by atoms with E-state index in [-0.39, 0.29) is 11.9 Å². The van der Waals surface area contributed by atoms with E-state index >= 15 is 0 Å². The molecule has 0 radical (unpaired) electrons. The van der Waals surface area contributed by atoms with Crippen molar-refractivity contribution in [1.29, 1.82) is 0 Å². The van der Waals surface area contributed by atoms with Gasteiger partial charge in [0.15, 0.2) is 6.61 Å². The Morgan fingerprint density at radius 1 is 1.08 bits per heavy atom. The second-order valence-electron chi connectivity index (χ2n) is 6.71. The van der Waals surface area contributed by atoms with Gasteiger partial charge in [-0.25, -0.2) is 4.79 Å². The largest absolute Gasteiger partial charge is 0.453 e. The van der Waals surface area contributed by atoms with Crippen molar-refractivity contribution in [2.45, 2.75) is 31.4 Å². The van der Waals surface area contributed by atoms with Crippen LogP contribution in [0.5, 0.6) is 0 Å². The van der Waals surface area contributed by atoms with Crippen LogP contribution in [-0.2, 0) is 19.9 Å². The van der Waals surface area contributed by atoms with E-state index in [1.54, 1.807) is 60.7 Å². The third-order valence-corrected chi connectivity index (χ3v) is 4.73. The molecule has 0 saturated heterocycles. The number of nitrogens with one attached hydrogen (secondary N) is 1. The van der Waals surface area contributed by atoms with Crippen LogP contribution in [0.25, 0.3) is 0 Å². The average molecular weight is 353 g/mol. The zero-order valence-corrected chi connectivity index (χ0v) is 14.7. The first-order valence-corrected chi connectivity index (χ1v) is 8.82. The molecule has 0 unspecified atom stereocenters. The maximum Gasteiger partial charge on any atom is 0.348 e. The normalized spacial score (nSPS) is 15.2. The summed E-state index contributed by atoms with van der Waals surface area (Å²) in [6, 6.07) is 17.2. The first-order chi connectivity index (χ1) is 12.5. The third-order valence-electron chi connectivity index (χ3n) is 4.73. The Labute approximate surface area is 153 Å². The van der Waals surface area contributed by atoms with E-state index in [1.807, 2.05) is 6.92 Å². The maximum atomic E-state index is 12.8. The van der Waals surface area contributed by atoms with Gasteiger partial charge in [0.1, 0.15) is 0 Å². The minimum absolute atomic E-state index is 0.0725. The molecule has 0 aliphatic heterocycles. The summed E-state index contributed by atoms with van der Waals surface area (Å²) < 4.78 is 5.18. The van der Waals surface area contributed by atoms with E-state index in [2.05, 4.69) is 5.32 Å². The molecule has 2 aromatic carbocycles. The Balaban J connectivity index is 1.74. The van der Waals surface area contributed by atoms with Crippen molar-refractivity contribution in [3.8, 4) is 0 Å². The first-order valence-electron chi connectivity index (χ1n) is 8.82. The summed E-state index contributed by atoms with van der Waals surface area (Å²) in [5.74, 6) is -0.717. The molecule has 3 rings (SSSR count). The van der Waals surface area contributed by atoms with Crippen molar-refractivity contribution in [3.63, 3.8) is 0 Å². The monoisotopic (exact) mass is 353 g/mol. The fraction of sp³-hybridized carbons (Fsp3) is 0.333. The SMILES string of the molecule is C[C@H](NC(=O)COC(=O)C(O)(c1ccccc1)c1ccccc1)C1CC1. The molecular formula is C21H23NO4. The second kappa shape index (κ2) is 7.70. The highest BCUT2D eigenvalue weighted by atomic mass is 16.6. The Kier molecular flexibility index (Phi) is 5.38. The molecule has 5 heteroatoms. The number of carbonyl (C=O) groups excluding carboxylic acids is 2. The lowest BCUT2D eigenvalue weighted by atomic mass is 9.86. The number of esters is 1. The van der Waals surface area contributed by atoms with Gasteiger partial charge < -0.3 is 15.2 Å². The molecule has 5 nitrogen and oxygen atoms in total. The van der Waals surface area contributed by atoms with Crippen molar-refractivity contribution in [2.75, 3.05) is 6.61 Å². The van der Waals surface area contributed by atoms with Gasteiger partial charge in [0.05, 0.1) is 0 Å². The summed E-state index contributed by atoms with van der Waals surface area (Å²) in [5.41, 5.74) is -1.18. The van der Waals surface area contributed by atoms with Crippen LogP contribution in [0, 0.1) is 5.92 Å². The zero-order valence-electron chi connectivity index (χ0n) is 14.7.